The molecule has 0 spiro atoms. The standard InChI is InChI=1S/C9H7F/c1-2-3-8-4-6-9(10)7-5-8/h4-7H,1H3/i4D,5D,6D,7D. The minimum atomic E-state index is -1.14. The van der Waals surface area contributed by atoms with Crippen molar-refractivity contribution >= 4 is 0 Å². The van der Waals surface area contributed by atoms with Gasteiger partial charge in [-0.3, -0.25) is 0 Å². The van der Waals surface area contributed by atoms with Crippen LogP contribution in [0.3, 0.4) is 0 Å². The predicted octanol–water partition coefficient (Wildman–Crippen LogP) is 2.20. The smallest absolute Gasteiger partial charge is 0.123 e. The first-order chi connectivity index (χ1) is 6.50. The Balaban J connectivity index is 3.65. The highest BCUT2D eigenvalue weighted by Gasteiger charge is 1.86. The lowest BCUT2D eigenvalue weighted by Crippen LogP contribution is -1.74. The van der Waals surface area contributed by atoms with E-state index in [1.807, 2.05) is 0 Å². The van der Waals surface area contributed by atoms with Gasteiger partial charge in [-0.05, 0) is 31.1 Å². The predicted molar refractivity (Wildman–Crippen MR) is 39.0 cm³/mol. The molecule has 1 aromatic rings. The van der Waals surface area contributed by atoms with Gasteiger partial charge in [0.15, 0.2) is 0 Å². The minimum Gasteiger partial charge on any atom is -0.207 e. The molecule has 1 heteroatoms. The third kappa shape index (κ3) is 1.60. The van der Waals surface area contributed by atoms with Gasteiger partial charge in [0.25, 0.3) is 0 Å². The highest BCUT2D eigenvalue weighted by Crippen LogP contribution is 1.99. The SMILES string of the molecule is [2H]c1c([2H])c(C#CC)c([2H])c([2H])c1F. The van der Waals surface area contributed by atoms with E-state index in [1.165, 1.54) is 6.92 Å². The monoisotopic (exact) mass is 138 g/mol. The Bertz CT molecular complexity index is 413. The van der Waals surface area contributed by atoms with E-state index in [4.69, 9.17) is 5.48 Å². The van der Waals surface area contributed by atoms with Crippen LogP contribution in [0.5, 0.6) is 0 Å². The van der Waals surface area contributed by atoms with Gasteiger partial charge in [-0.25, -0.2) is 4.39 Å². The van der Waals surface area contributed by atoms with Crippen molar-refractivity contribution in [3.05, 3.63) is 35.6 Å². The molecule has 0 N–H and O–H groups in total. The lowest BCUT2D eigenvalue weighted by molar-refractivity contribution is 0.627. The second kappa shape index (κ2) is 3.03. The molecule has 0 heterocycles. The van der Waals surface area contributed by atoms with Crippen LogP contribution < -0.4 is 0 Å². The van der Waals surface area contributed by atoms with Crippen molar-refractivity contribution in [2.75, 3.05) is 0 Å². The molecule has 10 heavy (non-hydrogen) atoms. The summed E-state index contributed by atoms with van der Waals surface area (Å²) in [6.45, 7) is 1.51. The summed E-state index contributed by atoms with van der Waals surface area (Å²) < 4.78 is 42.0. The molecular formula is C9H7F. The minimum absolute atomic E-state index is 0.0658. The summed E-state index contributed by atoms with van der Waals surface area (Å²) in [4.78, 5) is 0. The first-order valence-electron chi connectivity index (χ1n) is 4.69. The highest BCUT2D eigenvalue weighted by atomic mass is 19.1. The molecule has 1 aromatic carbocycles. The second-order valence-electron chi connectivity index (χ2n) is 1.56. The zero-order valence-corrected chi connectivity index (χ0v) is 5.38. The molecule has 0 aliphatic heterocycles. The molecule has 0 saturated carbocycles. The van der Waals surface area contributed by atoms with Gasteiger partial charge in [0.05, 0.1) is 5.48 Å². The van der Waals surface area contributed by atoms with Crippen LogP contribution in [0.25, 0.3) is 0 Å². The van der Waals surface area contributed by atoms with Crippen LogP contribution in [-0.4, -0.2) is 0 Å². The van der Waals surface area contributed by atoms with Gasteiger partial charge in [-0.1, -0.05) is 5.92 Å². The molecular weight excluding hydrogens is 127 g/mol. The van der Waals surface area contributed by atoms with E-state index in [2.05, 4.69) is 11.8 Å². The first kappa shape index (κ1) is 3.21. The summed E-state index contributed by atoms with van der Waals surface area (Å²) in [7, 11) is 0. The van der Waals surface area contributed by atoms with Gasteiger partial charge in [0, 0.05) is 5.56 Å². The molecule has 0 radical (unpaired) electrons. The van der Waals surface area contributed by atoms with Crippen molar-refractivity contribution in [2.24, 2.45) is 0 Å². The largest absolute Gasteiger partial charge is 0.207 e. The van der Waals surface area contributed by atoms with E-state index >= 15 is 0 Å². The fraction of sp³-hybridized carbons (Fsp3) is 0.111. The van der Waals surface area contributed by atoms with Crippen LogP contribution >= 0.6 is 0 Å². The average molecular weight is 138 g/mol. The van der Waals surface area contributed by atoms with Crippen LogP contribution in [-0.2, 0) is 0 Å². The molecule has 1 rings (SSSR count). The summed E-state index contributed by atoms with van der Waals surface area (Å²) in [5.74, 6) is 3.74. The third-order valence-corrected chi connectivity index (χ3v) is 0.844. The molecule has 0 nitrogen and oxygen atoms in total. The van der Waals surface area contributed by atoms with Crippen molar-refractivity contribution in [1.29, 1.82) is 0 Å². The van der Waals surface area contributed by atoms with Gasteiger partial charge in [-0.2, -0.15) is 0 Å². The van der Waals surface area contributed by atoms with E-state index in [0.717, 1.165) is 0 Å². The topological polar surface area (TPSA) is 0 Å². The zero-order chi connectivity index (χ0) is 10.9. The molecule has 0 aromatic heterocycles. The number of halogens is 1. The summed E-state index contributed by atoms with van der Waals surface area (Å²) in [5, 5.41) is 0. The Morgan fingerprint density at radius 2 is 2.00 bits per heavy atom. The van der Waals surface area contributed by atoms with Crippen LogP contribution in [0.2, 0.25) is 0 Å². The van der Waals surface area contributed by atoms with Crippen LogP contribution in [0.4, 0.5) is 4.39 Å². The Kier molecular flexibility index (Phi) is 0.970. The maximum Gasteiger partial charge on any atom is 0.123 e. The van der Waals surface area contributed by atoms with Crippen molar-refractivity contribution in [3.8, 4) is 11.8 Å². The molecule has 0 atom stereocenters. The van der Waals surface area contributed by atoms with Gasteiger partial charge in [-0.15, -0.1) is 5.92 Å². The van der Waals surface area contributed by atoms with Crippen LogP contribution in [0.1, 0.15) is 18.0 Å². The number of rotatable bonds is 0. The normalized spacial score (nSPS) is 13.8. The summed E-state index contributed by atoms with van der Waals surface area (Å²) >= 11 is 0. The highest BCUT2D eigenvalue weighted by molar-refractivity contribution is 5.33. The quantitative estimate of drug-likeness (QED) is 0.482. The summed E-state index contributed by atoms with van der Waals surface area (Å²) in [6.07, 6.45) is 0. The number of hydrogen-bond acceptors (Lipinski definition) is 0. The Morgan fingerprint density at radius 3 is 2.50 bits per heavy atom. The first-order valence-corrected chi connectivity index (χ1v) is 2.69. The lowest BCUT2D eigenvalue weighted by Gasteiger charge is -1.87. The molecule has 0 fully saturated rings. The van der Waals surface area contributed by atoms with E-state index in [1.54, 1.807) is 0 Å². The van der Waals surface area contributed by atoms with Crippen molar-refractivity contribution in [3.63, 3.8) is 0 Å². The number of hydrogen-bond donors (Lipinski definition) is 0. The van der Waals surface area contributed by atoms with Crippen molar-refractivity contribution in [1.82, 2.24) is 0 Å². The van der Waals surface area contributed by atoms with E-state index in [0.29, 0.717) is 0 Å². The maximum atomic E-state index is 13.0. The Morgan fingerprint density at radius 1 is 1.40 bits per heavy atom. The molecule has 0 bridgehead atoms. The van der Waals surface area contributed by atoms with Crippen molar-refractivity contribution < 1.29 is 9.87 Å². The Labute approximate surface area is 65.3 Å². The van der Waals surface area contributed by atoms with E-state index in [-0.39, 0.29) is 5.56 Å². The van der Waals surface area contributed by atoms with Gasteiger partial charge in [0.2, 0.25) is 0 Å². The van der Waals surface area contributed by atoms with Gasteiger partial charge < -0.3 is 0 Å². The average Bonchev–Trinajstić information content (AvgIpc) is 2.19. The lowest BCUT2D eigenvalue weighted by atomic mass is 10.2. The zero-order valence-electron chi connectivity index (χ0n) is 9.38. The van der Waals surface area contributed by atoms with Crippen molar-refractivity contribution in [2.45, 2.75) is 6.92 Å². The molecule has 0 amide bonds. The van der Waals surface area contributed by atoms with Gasteiger partial charge in [0.1, 0.15) is 5.82 Å². The molecule has 50 valence electrons. The summed E-state index contributed by atoms with van der Waals surface area (Å²) in [5.41, 5.74) is -0.0658. The number of benzene rings is 1. The maximum absolute atomic E-state index is 13.0. The third-order valence-electron chi connectivity index (χ3n) is 0.844. The van der Waals surface area contributed by atoms with Crippen LogP contribution in [0.15, 0.2) is 24.2 Å². The van der Waals surface area contributed by atoms with Gasteiger partial charge >= 0.3 is 0 Å². The summed E-state index contributed by atoms with van der Waals surface area (Å²) in [6, 6.07) is -2.22. The van der Waals surface area contributed by atoms with E-state index < -0.39 is 30.0 Å². The molecule has 0 aliphatic carbocycles. The molecule has 0 aliphatic rings. The fourth-order valence-electron chi connectivity index (χ4n) is 0.485. The Hall–Kier alpha value is -1.29. The fourth-order valence-corrected chi connectivity index (χ4v) is 0.485. The molecule has 0 unspecified atom stereocenters. The van der Waals surface area contributed by atoms with Crippen LogP contribution in [0, 0.1) is 17.7 Å². The van der Waals surface area contributed by atoms with E-state index in [9.17, 15) is 4.39 Å². The second-order valence-corrected chi connectivity index (χ2v) is 1.56. The molecule has 0 saturated heterocycles.